The highest BCUT2D eigenvalue weighted by molar-refractivity contribution is 5.72. The van der Waals surface area contributed by atoms with Crippen molar-refractivity contribution in [3.63, 3.8) is 0 Å². The molecule has 2 nitrogen and oxygen atoms in total. The Hall–Kier alpha value is -0.530. The molecule has 68 valence electrons. The van der Waals surface area contributed by atoms with Crippen LogP contribution in [0.25, 0.3) is 0 Å². The standard InChI is InChI=1S/C10H16O2/c1-8-2-5-10(6-3-8)7-4-9(11)12-10/h8H,2-7H2,1H3/t8-,10-. The van der Waals surface area contributed by atoms with Crippen molar-refractivity contribution in [3.05, 3.63) is 0 Å². The van der Waals surface area contributed by atoms with Gasteiger partial charge in [-0.25, -0.2) is 0 Å². The van der Waals surface area contributed by atoms with Crippen molar-refractivity contribution in [2.45, 2.75) is 51.0 Å². The number of hydrogen-bond donors (Lipinski definition) is 0. The van der Waals surface area contributed by atoms with Crippen molar-refractivity contribution >= 4 is 5.97 Å². The van der Waals surface area contributed by atoms with E-state index in [1.165, 1.54) is 12.8 Å². The summed E-state index contributed by atoms with van der Waals surface area (Å²) in [5, 5.41) is 0. The molecular weight excluding hydrogens is 152 g/mol. The topological polar surface area (TPSA) is 26.3 Å². The van der Waals surface area contributed by atoms with E-state index >= 15 is 0 Å². The second kappa shape index (κ2) is 2.75. The highest BCUT2D eigenvalue weighted by Crippen LogP contribution is 2.41. The molecule has 1 aliphatic carbocycles. The van der Waals surface area contributed by atoms with E-state index in [0.29, 0.717) is 6.42 Å². The molecular formula is C10H16O2. The number of esters is 1. The molecule has 12 heavy (non-hydrogen) atoms. The summed E-state index contributed by atoms with van der Waals surface area (Å²) in [6.45, 7) is 2.28. The maximum Gasteiger partial charge on any atom is 0.306 e. The van der Waals surface area contributed by atoms with Gasteiger partial charge in [0.1, 0.15) is 5.60 Å². The van der Waals surface area contributed by atoms with Gasteiger partial charge < -0.3 is 4.74 Å². The average molecular weight is 168 g/mol. The molecule has 0 unspecified atom stereocenters. The maximum atomic E-state index is 11.0. The van der Waals surface area contributed by atoms with Gasteiger partial charge in [0, 0.05) is 6.42 Å². The highest BCUT2D eigenvalue weighted by Gasteiger charge is 2.42. The van der Waals surface area contributed by atoms with Crippen molar-refractivity contribution in [1.82, 2.24) is 0 Å². The van der Waals surface area contributed by atoms with Crippen LogP contribution in [0.5, 0.6) is 0 Å². The van der Waals surface area contributed by atoms with E-state index in [4.69, 9.17) is 4.74 Å². The smallest absolute Gasteiger partial charge is 0.306 e. The van der Waals surface area contributed by atoms with Crippen LogP contribution in [0.4, 0.5) is 0 Å². The van der Waals surface area contributed by atoms with Crippen LogP contribution >= 0.6 is 0 Å². The molecule has 2 fully saturated rings. The predicted molar refractivity (Wildman–Crippen MR) is 45.7 cm³/mol. The van der Waals surface area contributed by atoms with Crippen LogP contribution in [0.1, 0.15) is 45.4 Å². The fourth-order valence-electron chi connectivity index (χ4n) is 2.31. The largest absolute Gasteiger partial charge is 0.459 e. The lowest BCUT2D eigenvalue weighted by Gasteiger charge is -2.34. The first kappa shape index (κ1) is 8.09. The Morgan fingerprint density at radius 3 is 2.50 bits per heavy atom. The van der Waals surface area contributed by atoms with Gasteiger partial charge in [0.25, 0.3) is 0 Å². The predicted octanol–water partition coefficient (Wildman–Crippen LogP) is 2.27. The third kappa shape index (κ3) is 1.35. The SMILES string of the molecule is C[C@H]1CC[C@@]2(CCC(=O)O2)CC1. The van der Waals surface area contributed by atoms with Gasteiger partial charge in [0.05, 0.1) is 0 Å². The van der Waals surface area contributed by atoms with Crippen LogP contribution in [0.2, 0.25) is 0 Å². The molecule has 0 bridgehead atoms. The van der Waals surface area contributed by atoms with E-state index < -0.39 is 0 Å². The van der Waals surface area contributed by atoms with E-state index in [1.807, 2.05) is 0 Å². The van der Waals surface area contributed by atoms with Crippen LogP contribution in [-0.4, -0.2) is 11.6 Å². The fourth-order valence-corrected chi connectivity index (χ4v) is 2.31. The van der Waals surface area contributed by atoms with Crippen molar-refractivity contribution < 1.29 is 9.53 Å². The number of rotatable bonds is 0. The average Bonchev–Trinajstić information content (AvgIpc) is 2.40. The number of carbonyl (C=O) groups excluding carboxylic acids is 1. The van der Waals surface area contributed by atoms with E-state index in [2.05, 4.69) is 6.92 Å². The highest BCUT2D eigenvalue weighted by atomic mass is 16.6. The molecule has 2 aliphatic rings. The molecule has 0 N–H and O–H groups in total. The van der Waals surface area contributed by atoms with Gasteiger partial charge in [-0.3, -0.25) is 4.79 Å². The normalized spacial score (nSPS) is 41.8. The second-order valence-electron chi connectivity index (χ2n) is 4.34. The van der Waals surface area contributed by atoms with Gasteiger partial charge >= 0.3 is 5.97 Å². The summed E-state index contributed by atoms with van der Waals surface area (Å²) in [5.74, 6) is 0.847. The summed E-state index contributed by atoms with van der Waals surface area (Å²) in [6.07, 6.45) is 6.27. The summed E-state index contributed by atoms with van der Waals surface area (Å²) >= 11 is 0. The van der Waals surface area contributed by atoms with Gasteiger partial charge in [-0.15, -0.1) is 0 Å². The Bertz CT molecular complexity index is 190. The molecule has 0 radical (unpaired) electrons. The molecule has 0 aromatic heterocycles. The Labute approximate surface area is 73.3 Å². The first-order valence-electron chi connectivity index (χ1n) is 4.92. The molecule has 0 amide bonds. The van der Waals surface area contributed by atoms with Gasteiger partial charge in [-0.1, -0.05) is 6.92 Å². The Balaban J connectivity index is 1.99. The minimum absolute atomic E-state index is 0.0181. The minimum atomic E-state index is -0.0242. The maximum absolute atomic E-state index is 11.0. The number of carbonyl (C=O) groups is 1. The Morgan fingerprint density at radius 1 is 1.33 bits per heavy atom. The van der Waals surface area contributed by atoms with Crippen molar-refractivity contribution in [2.75, 3.05) is 0 Å². The first-order valence-corrected chi connectivity index (χ1v) is 4.92. The van der Waals surface area contributed by atoms with Gasteiger partial charge in [-0.05, 0) is 38.0 Å². The molecule has 2 heteroatoms. The van der Waals surface area contributed by atoms with E-state index in [0.717, 1.165) is 25.2 Å². The molecule has 2 rings (SSSR count). The van der Waals surface area contributed by atoms with Crippen molar-refractivity contribution in [1.29, 1.82) is 0 Å². The fraction of sp³-hybridized carbons (Fsp3) is 0.900. The van der Waals surface area contributed by atoms with E-state index in [-0.39, 0.29) is 11.6 Å². The third-order valence-corrected chi connectivity index (χ3v) is 3.30. The lowest BCUT2D eigenvalue weighted by Crippen LogP contribution is -2.33. The molecule has 0 aromatic rings. The Kier molecular flexibility index (Phi) is 1.85. The van der Waals surface area contributed by atoms with E-state index in [9.17, 15) is 4.79 Å². The minimum Gasteiger partial charge on any atom is -0.459 e. The van der Waals surface area contributed by atoms with Gasteiger partial charge in [0.15, 0.2) is 0 Å². The summed E-state index contributed by atoms with van der Waals surface area (Å²) < 4.78 is 5.40. The summed E-state index contributed by atoms with van der Waals surface area (Å²) in [7, 11) is 0. The lowest BCUT2D eigenvalue weighted by molar-refractivity contribution is -0.151. The molecule has 1 saturated carbocycles. The summed E-state index contributed by atoms with van der Waals surface area (Å²) in [6, 6.07) is 0. The van der Waals surface area contributed by atoms with E-state index in [1.54, 1.807) is 0 Å². The second-order valence-corrected chi connectivity index (χ2v) is 4.34. The monoisotopic (exact) mass is 168 g/mol. The zero-order valence-corrected chi connectivity index (χ0v) is 7.64. The molecule has 1 heterocycles. The molecule has 1 spiro atoms. The molecule has 0 aromatic carbocycles. The third-order valence-electron chi connectivity index (χ3n) is 3.30. The van der Waals surface area contributed by atoms with Crippen LogP contribution in [-0.2, 0) is 9.53 Å². The van der Waals surface area contributed by atoms with Gasteiger partial charge in [0.2, 0.25) is 0 Å². The van der Waals surface area contributed by atoms with Crippen molar-refractivity contribution in [2.24, 2.45) is 5.92 Å². The number of hydrogen-bond acceptors (Lipinski definition) is 2. The zero-order chi connectivity index (χ0) is 8.60. The van der Waals surface area contributed by atoms with Crippen LogP contribution in [0, 0.1) is 5.92 Å². The summed E-state index contributed by atoms with van der Waals surface area (Å²) in [5.41, 5.74) is -0.0242. The van der Waals surface area contributed by atoms with Crippen molar-refractivity contribution in [3.8, 4) is 0 Å². The van der Waals surface area contributed by atoms with Crippen LogP contribution in [0.15, 0.2) is 0 Å². The molecule has 1 aliphatic heterocycles. The van der Waals surface area contributed by atoms with Gasteiger partial charge in [-0.2, -0.15) is 0 Å². The number of ether oxygens (including phenoxy) is 1. The lowest BCUT2D eigenvalue weighted by atomic mass is 9.78. The van der Waals surface area contributed by atoms with Crippen LogP contribution in [0.3, 0.4) is 0 Å². The molecule has 0 atom stereocenters. The molecule has 1 saturated heterocycles. The Morgan fingerprint density at radius 2 is 2.00 bits per heavy atom. The summed E-state index contributed by atoms with van der Waals surface area (Å²) in [4.78, 5) is 11.0. The zero-order valence-electron chi connectivity index (χ0n) is 7.64. The quantitative estimate of drug-likeness (QED) is 0.519. The first-order chi connectivity index (χ1) is 5.70. The van der Waals surface area contributed by atoms with Crippen LogP contribution < -0.4 is 0 Å².